The Balaban J connectivity index is 1.36. The van der Waals surface area contributed by atoms with Gasteiger partial charge in [0, 0.05) is 38.4 Å². The minimum absolute atomic E-state index is 0.0400. The summed E-state index contributed by atoms with van der Waals surface area (Å²) < 4.78 is 23.5. The Kier molecular flexibility index (Phi) is 4.77. The Labute approximate surface area is 154 Å². The van der Waals surface area contributed by atoms with E-state index in [0.29, 0.717) is 13.1 Å². The maximum absolute atomic E-state index is 12.8. The number of benzene rings is 1. The molecule has 0 bridgehead atoms. The van der Waals surface area contributed by atoms with Crippen molar-refractivity contribution in [1.29, 1.82) is 0 Å². The van der Waals surface area contributed by atoms with Crippen LogP contribution in [0.4, 0.5) is 5.69 Å². The van der Waals surface area contributed by atoms with Crippen molar-refractivity contribution in [3.05, 3.63) is 30.3 Å². The number of sulfone groups is 1. The fourth-order valence-corrected chi connectivity index (χ4v) is 6.24. The minimum atomic E-state index is -3.14. The van der Waals surface area contributed by atoms with Crippen molar-refractivity contribution in [2.24, 2.45) is 0 Å². The number of aliphatic hydroxyl groups is 1. The van der Waals surface area contributed by atoms with Gasteiger partial charge in [-0.1, -0.05) is 18.2 Å². The van der Waals surface area contributed by atoms with Crippen LogP contribution in [0.3, 0.4) is 0 Å². The monoisotopic (exact) mass is 379 g/mol. The average molecular weight is 379 g/mol. The van der Waals surface area contributed by atoms with Gasteiger partial charge < -0.3 is 10.0 Å². The van der Waals surface area contributed by atoms with Gasteiger partial charge in [0.15, 0.2) is 9.84 Å². The molecule has 26 heavy (non-hydrogen) atoms. The van der Waals surface area contributed by atoms with Crippen LogP contribution in [0, 0.1) is 0 Å². The number of amides is 1. The highest BCUT2D eigenvalue weighted by molar-refractivity contribution is 7.91. The molecule has 1 amide bonds. The quantitative estimate of drug-likeness (QED) is 0.768. The Morgan fingerprint density at radius 1 is 0.923 bits per heavy atom. The van der Waals surface area contributed by atoms with Crippen molar-refractivity contribution < 1.29 is 18.3 Å². The van der Waals surface area contributed by atoms with Crippen LogP contribution in [-0.4, -0.2) is 91.6 Å². The number of hydrogen-bond donors (Lipinski definition) is 1. The highest BCUT2D eigenvalue weighted by atomic mass is 32.2. The van der Waals surface area contributed by atoms with Crippen LogP contribution in [-0.2, 0) is 14.6 Å². The molecule has 3 atom stereocenters. The Morgan fingerprint density at radius 2 is 1.58 bits per heavy atom. The fraction of sp³-hybridized carbons (Fsp3) is 0.611. The second-order valence-electron chi connectivity index (χ2n) is 7.41. The van der Waals surface area contributed by atoms with Crippen LogP contribution in [0.2, 0.25) is 0 Å². The van der Waals surface area contributed by atoms with Crippen molar-refractivity contribution >= 4 is 21.4 Å². The summed E-state index contributed by atoms with van der Waals surface area (Å²) in [6, 6.07) is 9.33. The summed E-state index contributed by atoms with van der Waals surface area (Å²) in [5, 5.41) is 10.1. The van der Waals surface area contributed by atoms with Crippen molar-refractivity contribution in [3.63, 3.8) is 0 Å². The molecule has 0 aliphatic carbocycles. The van der Waals surface area contributed by atoms with Crippen LogP contribution < -0.4 is 4.90 Å². The molecule has 3 fully saturated rings. The zero-order valence-electron chi connectivity index (χ0n) is 14.7. The molecule has 0 unspecified atom stereocenters. The van der Waals surface area contributed by atoms with E-state index in [0.717, 1.165) is 31.7 Å². The maximum atomic E-state index is 12.8. The normalized spacial score (nSPS) is 33.0. The highest BCUT2D eigenvalue weighted by Crippen LogP contribution is 2.26. The second-order valence-corrected chi connectivity index (χ2v) is 9.57. The number of carbonyl (C=O) groups is 1. The number of anilines is 1. The summed E-state index contributed by atoms with van der Waals surface area (Å²) >= 11 is 0. The van der Waals surface area contributed by atoms with E-state index in [-0.39, 0.29) is 29.5 Å². The van der Waals surface area contributed by atoms with Crippen molar-refractivity contribution in [2.75, 3.05) is 49.1 Å². The first-order valence-electron chi connectivity index (χ1n) is 9.18. The molecule has 0 aromatic heterocycles. The van der Waals surface area contributed by atoms with Crippen LogP contribution in [0.1, 0.15) is 6.42 Å². The van der Waals surface area contributed by atoms with E-state index in [4.69, 9.17) is 0 Å². The predicted octanol–water partition coefficient (Wildman–Crippen LogP) is -0.433. The minimum Gasteiger partial charge on any atom is -0.390 e. The van der Waals surface area contributed by atoms with E-state index in [1.165, 1.54) is 0 Å². The van der Waals surface area contributed by atoms with Gasteiger partial charge in [-0.2, -0.15) is 0 Å². The Morgan fingerprint density at radius 3 is 2.19 bits per heavy atom. The van der Waals surface area contributed by atoms with Gasteiger partial charge in [-0.15, -0.1) is 0 Å². The topological polar surface area (TPSA) is 81.2 Å². The van der Waals surface area contributed by atoms with E-state index < -0.39 is 15.9 Å². The lowest BCUT2D eigenvalue weighted by Gasteiger charge is -2.40. The maximum Gasteiger partial charge on any atom is 0.244 e. The molecule has 1 aromatic carbocycles. The number of aliphatic hydroxyl groups excluding tert-OH is 1. The molecule has 0 spiro atoms. The zero-order valence-corrected chi connectivity index (χ0v) is 15.5. The number of nitrogens with zero attached hydrogens (tertiary/aromatic N) is 3. The first-order valence-corrected chi connectivity index (χ1v) is 11.0. The Bertz CT molecular complexity index is 762. The summed E-state index contributed by atoms with van der Waals surface area (Å²) in [6.45, 7) is 3.55. The van der Waals surface area contributed by atoms with Gasteiger partial charge in [-0.25, -0.2) is 8.42 Å². The van der Waals surface area contributed by atoms with Crippen LogP contribution in [0.25, 0.3) is 0 Å². The lowest BCUT2D eigenvalue weighted by Crippen LogP contribution is -2.56. The van der Waals surface area contributed by atoms with Gasteiger partial charge in [0.25, 0.3) is 0 Å². The van der Waals surface area contributed by atoms with Gasteiger partial charge in [-0.3, -0.25) is 14.6 Å². The standard InChI is InChI=1S/C18H25N3O4S/c22-17-13-26(24,25)12-16(17)20-10-8-19(9-11-20)15-6-7-21(18(15)23)14-4-2-1-3-5-14/h1-5,15-17,22H,6-13H2/t15-,16-,17+/m1/s1. The van der Waals surface area contributed by atoms with Crippen LogP contribution in [0.5, 0.6) is 0 Å². The van der Waals surface area contributed by atoms with Gasteiger partial charge in [0.05, 0.1) is 29.7 Å². The van der Waals surface area contributed by atoms with Crippen molar-refractivity contribution in [2.45, 2.75) is 24.6 Å². The zero-order chi connectivity index (χ0) is 18.3. The van der Waals surface area contributed by atoms with Gasteiger partial charge in [-0.05, 0) is 18.6 Å². The molecule has 3 saturated heterocycles. The summed E-state index contributed by atoms with van der Waals surface area (Å²) in [5.41, 5.74) is 0.943. The number of hydrogen-bond acceptors (Lipinski definition) is 6. The largest absolute Gasteiger partial charge is 0.390 e. The van der Waals surface area contributed by atoms with E-state index in [2.05, 4.69) is 9.80 Å². The lowest BCUT2D eigenvalue weighted by atomic mass is 10.1. The number of carbonyl (C=O) groups excluding carboxylic acids is 1. The molecule has 4 rings (SSSR count). The number of para-hydroxylation sites is 1. The summed E-state index contributed by atoms with van der Waals surface area (Å²) in [6.07, 6.45) is 0.0157. The van der Waals surface area contributed by atoms with Gasteiger partial charge >= 0.3 is 0 Å². The second kappa shape index (κ2) is 6.92. The fourth-order valence-electron chi connectivity index (χ4n) is 4.41. The van der Waals surface area contributed by atoms with E-state index in [1.807, 2.05) is 35.2 Å². The number of rotatable bonds is 3. The first-order chi connectivity index (χ1) is 12.4. The summed E-state index contributed by atoms with van der Waals surface area (Å²) in [4.78, 5) is 19.0. The third kappa shape index (κ3) is 3.38. The molecule has 3 aliphatic rings. The first kappa shape index (κ1) is 17.9. The summed E-state index contributed by atoms with van der Waals surface area (Å²) in [5.74, 6) is 0.0525. The SMILES string of the molecule is O=C1[C@H](N2CCN([C@@H]3CS(=O)(=O)C[C@@H]3O)CC2)CCN1c1ccccc1. The van der Waals surface area contributed by atoms with E-state index in [9.17, 15) is 18.3 Å². The smallest absolute Gasteiger partial charge is 0.244 e. The van der Waals surface area contributed by atoms with Crippen LogP contribution in [0.15, 0.2) is 30.3 Å². The van der Waals surface area contributed by atoms with Crippen molar-refractivity contribution in [1.82, 2.24) is 9.80 Å². The predicted molar refractivity (Wildman–Crippen MR) is 98.8 cm³/mol. The molecular formula is C18H25N3O4S. The van der Waals surface area contributed by atoms with Gasteiger partial charge in [0.1, 0.15) is 0 Å². The highest BCUT2D eigenvalue weighted by Gasteiger charge is 2.43. The molecule has 1 aromatic rings. The van der Waals surface area contributed by atoms with Gasteiger partial charge in [0.2, 0.25) is 5.91 Å². The van der Waals surface area contributed by atoms with E-state index >= 15 is 0 Å². The molecule has 8 heteroatoms. The molecule has 7 nitrogen and oxygen atoms in total. The third-order valence-electron chi connectivity index (χ3n) is 5.80. The molecular weight excluding hydrogens is 354 g/mol. The lowest BCUT2D eigenvalue weighted by molar-refractivity contribution is -0.122. The van der Waals surface area contributed by atoms with E-state index in [1.54, 1.807) is 0 Å². The summed E-state index contributed by atoms with van der Waals surface area (Å²) in [7, 11) is -3.14. The van der Waals surface area contributed by atoms with Crippen molar-refractivity contribution in [3.8, 4) is 0 Å². The Hall–Kier alpha value is -1.48. The number of piperazine rings is 1. The molecule has 3 heterocycles. The third-order valence-corrected chi connectivity index (χ3v) is 7.50. The molecule has 1 N–H and O–H groups in total. The van der Waals surface area contributed by atoms with Crippen LogP contribution >= 0.6 is 0 Å². The molecule has 142 valence electrons. The average Bonchev–Trinajstić information content (AvgIpc) is 3.14. The molecule has 0 saturated carbocycles. The molecule has 0 radical (unpaired) electrons. The molecule has 3 aliphatic heterocycles.